The second-order valence-electron chi connectivity index (χ2n) is 5.49. The van der Waals surface area contributed by atoms with E-state index in [-0.39, 0.29) is 36.9 Å². The quantitative estimate of drug-likeness (QED) is 0.788. The van der Waals surface area contributed by atoms with Crippen molar-refractivity contribution in [1.82, 2.24) is 10.2 Å². The van der Waals surface area contributed by atoms with Gasteiger partial charge in [-0.2, -0.15) is 0 Å². The summed E-state index contributed by atoms with van der Waals surface area (Å²) >= 11 is 0. The molecule has 0 bridgehead atoms. The highest BCUT2D eigenvalue weighted by atomic mass is 35.5. The highest BCUT2D eigenvalue weighted by molar-refractivity contribution is 5.85. The van der Waals surface area contributed by atoms with Crippen LogP contribution in [0, 0.1) is 0 Å². The molecule has 1 fully saturated rings. The van der Waals surface area contributed by atoms with Crippen LogP contribution in [-0.2, 0) is 9.59 Å². The predicted octanol–water partition coefficient (Wildman–Crippen LogP) is 2.04. The SMILES string of the molecule is CCCC(NCC(=O)N1C(C)CCCC1C)C(=O)O.Cl. The van der Waals surface area contributed by atoms with Gasteiger partial charge in [0.2, 0.25) is 5.91 Å². The number of piperidine rings is 1. The fourth-order valence-electron chi connectivity index (χ4n) is 2.82. The molecule has 0 aliphatic carbocycles. The number of carbonyl (C=O) groups is 2. The van der Waals surface area contributed by atoms with E-state index in [0.29, 0.717) is 6.42 Å². The molecule has 5 nitrogen and oxygen atoms in total. The summed E-state index contributed by atoms with van der Waals surface area (Å²) in [4.78, 5) is 25.1. The van der Waals surface area contributed by atoms with E-state index < -0.39 is 12.0 Å². The molecule has 20 heavy (non-hydrogen) atoms. The third-order valence-electron chi connectivity index (χ3n) is 3.86. The molecule has 0 aromatic rings. The molecule has 0 radical (unpaired) electrons. The number of carboxylic acids is 1. The third kappa shape index (κ3) is 5.29. The Kier molecular flexibility index (Phi) is 8.81. The zero-order valence-corrected chi connectivity index (χ0v) is 13.4. The summed E-state index contributed by atoms with van der Waals surface area (Å²) in [6.07, 6.45) is 4.57. The number of halogens is 1. The van der Waals surface area contributed by atoms with E-state index in [0.717, 1.165) is 25.7 Å². The molecule has 1 rings (SSSR count). The number of nitrogens with one attached hydrogen (secondary N) is 1. The van der Waals surface area contributed by atoms with Gasteiger partial charge in [0.15, 0.2) is 0 Å². The van der Waals surface area contributed by atoms with Gasteiger partial charge in [-0.3, -0.25) is 14.9 Å². The fraction of sp³-hybridized carbons (Fsp3) is 0.857. The number of nitrogens with zero attached hydrogens (tertiary/aromatic N) is 1. The van der Waals surface area contributed by atoms with Gasteiger partial charge in [0.05, 0.1) is 6.54 Å². The average Bonchev–Trinajstić information content (AvgIpc) is 2.33. The van der Waals surface area contributed by atoms with Gasteiger partial charge < -0.3 is 10.0 Å². The Hall–Kier alpha value is -0.810. The standard InChI is InChI=1S/C14H26N2O3.ClH/c1-4-6-12(14(18)19)15-9-13(17)16-10(2)7-5-8-11(16)3;/h10-12,15H,4-9H2,1-3H3,(H,18,19);1H. The largest absolute Gasteiger partial charge is 0.480 e. The van der Waals surface area contributed by atoms with Gasteiger partial charge in [-0.05, 0) is 39.5 Å². The molecule has 1 amide bonds. The zero-order valence-electron chi connectivity index (χ0n) is 12.6. The number of aliphatic carboxylic acids is 1. The van der Waals surface area contributed by atoms with Crippen molar-refractivity contribution < 1.29 is 14.7 Å². The molecule has 118 valence electrons. The number of rotatable bonds is 6. The summed E-state index contributed by atoms with van der Waals surface area (Å²) in [7, 11) is 0. The van der Waals surface area contributed by atoms with E-state index >= 15 is 0 Å². The van der Waals surface area contributed by atoms with Crippen LogP contribution in [-0.4, -0.2) is 46.6 Å². The Bertz CT molecular complexity index is 316. The van der Waals surface area contributed by atoms with Crippen LogP contribution in [0.5, 0.6) is 0 Å². The molecular weight excluding hydrogens is 280 g/mol. The first kappa shape index (κ1) is 19.2. The lowest BCUT2D eigenvalue weighted by atomic mass is 9.97. The van der Waals surface area contributed by atoms with E-state index in [9.17, 15) is 9.59 Å². The molecule has 0 aromatic heterocycles. The van der Waals surface area contributed by atoms with Gasteiger partial charge in [0.1, 0.15) is 6.04 Å². The van der Waals surface area contributed by atoms with Crippen LogP contribution in [0.3, 0.4) is 0 Å². The van der Waals surface area contributed by atoms with Crippen LogP contribution in [0.15, 0.2) is 0 Å². The van der Waals surface area contributed by atoms with Crippen molar-refractivity contribution in [2.75, 3.05) is 6.54 Å². The van der Waals surface area contributed by atoms with Gasteiger partial charge in [-0.1, -0.05) is 13.3 Å². The van der Waals surface area contributed by atoms with E-state index in [1.165, 1.54) is 0 Å². The monoisotopic (exact) mass is 306 g/mol. The number of likely N-dealkylation sites (tertiary alicyclic amines) is 1. The Morgan fingerprint density at radius 2 is 1.85 bits per heavy atom. The first-order chi connectivity index (χ1) is 8.97. The first-order valence-electron chi connectivity index (χ1n) is 7.24. The Morgan fingerprint density at radius 3 is 2.30 bits per heavy atom. The summed E-state index contributed by atoms with van der Waals surface area (Å²) in [6, 6.07) is -0.107. The van der Waals surface area contributed by atoms with Crippen LogP contribution >= 0.6 is 12.4 Å². The minimum Gasteiger partial charge on any atom is -0.480 e. The van der Waals surface area contributed by atoms with Crippen molar-refractivity contribution in [3.63, 3.8) is 0 Å². The first-order valence-corrected chi connectivity index (χ1v) is 7.24. The lowest BCUT2D eigenvalue weighted by Gasteiger charge is -2.39. The predicted molar refractivity (Wildman–Crippen MR) is 81.2 cm³/mol. The van der Waals surface area contributed by atoms with E-state index in [1.807, 2.05) is 11.8 Å². The Labute approximate surface area is 127 Å². The topological polar surface area (TPSA) is 69.6 Å². The number of amides is 1. The van der Waals surface area contributed by atoms with Crippen LogP contribution in [0.25, 0.3) is 0 Å². The van der Waals surface area contributed by atoms with Crippen LogP contribution < -0.4 is 5.32 Å². The summed E-state index contributed by atoms with van der Waals surface area (Å²) in [6.45, 7) is 6.18. The van der Waals surface area contributed by atoms with Gasteiger partial charge in [0, 0.05) is 12.1 Å². The van der Waals surface area contributed by atoms with Gasteiger partial charge in [-0.15, -0.1) is 12.4 Å². The highest BCUT2D eigenvalue weighted by Gasteiger charge is 2.29. The second kappa shape index (κ2) is 9.19. The van der Waals surface area contributed by atoms with E-state index in [2.05, 4.69) is 19.2 Å². The fourth-order valence-corrected chi connectivity index (χ4v) is 2.82. The Balaban J connectivity index is 0.00000361. The number of hydrogen-bond acceptors (Lipinski definition) is 3. The molecule has 3 unspecified atom stereocenters. The molecule has 0 aromatic carbocycles. The van der Waals surface area contributed by atoms with Gasteiger partial charge >= 0.3 is 5.97 Å². The van der Waals surface area contributed by atoms with Gasteiger partial charge in [0.25, 0.3) is 0 Å². The van der Waals surface area contributed by atoms with Crippen LogP contribution in [0.4, 0.5) is 0 Å². The van der Waals surface area contributed by atoms with Crippen molar-refractivity contribution in [2.24, 2.45) is 0 Å². The molecular formula is C14H27ClN2O3. The van der Waals surface area contributed by atoms with Crippen molar-refractivity contribution in [3.05, 3.63) is 0 Å². The molecule has 1 heterocycles. The summed E-state index contributed by atoms with van der Waals surface area (Å²) < 4.78 is 0. The molecule has 2 N–H and O–H groups in total. The van der Waals surface area contributed by atoms with Crippen molar-refractivity contribution in [3.8, 4) is 0 Å². The second-order valence-corrected chi connectivity index (χ2v) is 5.49. The molecule has 1 aliphatic rings. The highest BCUT2D eigenvalue weighted by Crippen LogP contribution is 2.22. The molecule has 3 atom stereocenters. The van der Waals surface area contributed by atoms with Crippen LogP contribution in [0.2, 0.25) is 0 Å². The maximum absolute atomic E-state index is 12.2. The van der Waals surface area contributed by atoms with Crippen LogP contribution in [0.1, 0.15) is 52.9 Å². The molecule has 1 aliphatic heterocycles. The minimum absolute atomic E-state index is 0. The number of carbonyl (C=O) groups excluding carboxylic acids is 1. The normalized spacial score (nSPS) is 23.9. The molecule has 1 saturated heterocycles. The van der Waals surface area contributed by atoms with Crippen molar-refractivity contribution in [1.29, 1.82) is 0 Å². The lowest BCUT2D eigenvalue weighted by molar-refractivity contribution is -0.140. The third-order valence-corrected chi connectivity index (χ3v) is 3.86. The maximum atomic E-state index is 12.2. The minimum atomic E-state index is -0.880. The zero-order chi connectivity index (χ0) is 14.4. The van der Waals surface area contributed by atoms with Crippen molar-refractivity contribution in [2.45, 2.75) is 71.0 Å². The summed E-state index contributed by atoms with van der Waals surface area (Å²) in [5.41, 5.74) is 0. The maximum Gasteiger partial charge on any atom is 0.320 e. The van der Waals surface area contributed by atoms with Crippen molar-refractivity contribution >= 4 is 24.3 Å². The summed E-state index contributed by atoms with van der Waals surface area (Å²) in [5, 5.41) is 11.9. The van der Waals surface area contributed by atoms with Gasteiger partial charge in [-0.25, -0.2) is 0 Å². The van der Waals surface area contributed by atoms with E-state index in [1.54, 1.807) is 0 Å². The molecule has 0 spiro atoms. The molecule has 0 saturated carbocycles. The lowest BCUT2D eigenvalue weighted by Crippen LogP contribution is -2.52. The molecule has 6 heteroatoms. The Morgan fingerprint density at radius 1 is 1.30 bits per heavy atom. The summed E-state index contributed by atoms with van der Waals surface area (Å²) in [5.74, 6) is -0.864. The van der Waals surface area contributed by atoms with E-state index in [4.69, 9.17) is 5.11 Å². The number of hydrogen-bond donors (Lipinski definition) is 2. The number of carboxylic acid groups (broad SMARTS) is 1. The average molecular weight is 307 g/mol. The smallest absolute Gasteiger partial charge is 0.320 e.